The summed E-state index contributed by atoms with van der Waals surface area (Å²) in [4.78, 5) is 3.98. The summed E-state index contributed by atoms with van der Waals surface area (Å²) in [6.45, 7) is 1.65. The van der Waals surface area contributed by atoms with Crippen LogP contribution in [0.5, 0.6) is 11.6 Å². The number of ether oxygens (including phenoxy) is 1. The highest BCUT2D eigenvalue weighted by Gasteiger charge is 2.34. The van der Waals surface area contributed by atoms with Crippen LogP contribution < -0.4 is 10.5 Å². The van der Waals surface area contributed by atoms with Gasteiger partial charge in [-0.25, -0.2) is 4.98 Å². The Balaban J connectivity index is 2.36. The van der Waals surface area contributed by atoms with Crippen molar-refractivity contribution in [1.82, 2.24) is 4.98 Å². The highest BCUT2D eigenvalue weighted by Crippen LogP contribution is 2.37. The maximum atomic E-state index is 12.8. The molecule has 0 radical (unpaired) electrons. The van der Waals surface area contributed by atoms with Crippen LogP contribution in [0.4, 0.5) is 18.9 Å². The van der Waals surface area contributed by atoms with E-state index in [1.54, 1.807) is 6.92 Å². The van der Waals surface area contributed by atoms with E-state index >= 15 is 0 Å². The van der Waals surface area contributed by atoms with Gasteiger partial charge in [-0.3, -0.25) is 0 Å². The zero-order chi connectivity index (χ0) is 14.0. The van der Waals surface area contributed by atoms with Gasteiger partial charge in [-0.05, 0) is 25.1 Å². The first-order chi connectivity index (χ1) is 8.88. The molecule has 1 aromatic heterocycles. The molecule has 1 heterocycles. The van der Waals surface area contributed by atoms with Crippen molar-refractivity contribution in [2.75, 3.05) is 5.73 Å². The van der Waals surface area contributed by atoms with E-state index in [1.807, 2.05) is 0 Å². The van der Waals surface area contributed by atoms with E-state index < -0.39 is 11.7 Å². The van der Waals surface area contributed by atoms with Gasteiger partial charge in [-0.15, -0.1) is 0 Å². The normalized spacial score (nSPS) is 11.4. The Morgan fingerprint density at radius 2 is 1.79 bits per heavy atom. The minimum absolute atomic E-state index is 0.0726. The fraction of sp³-hybridized carbons (Fsp3) is 0.154. The van der Waals surface area contributed by atoms with Gasteiger partial charge >= 0.3 is 6.18 Å². The molecule has 0 bridgehead atoms. The molecule has 3 nitrogen and oxygen atoms in total. The number of para-hydroxylation sites is 1. The van der Waals surface area contributed by atoms with Gasteiger partial charge in [0.05, 0.1) is 16.9 Å². The molecule has 0 atom stereocenters. The number of nitrogen functional groups attached to an aromatic ring is 1. The van der Waals surface area contributed by atoms with Crippen LogP contribution in [0.2, 0.25) is 0 Å². The van der Waals surface area contributed by atoms with Crippen LogP contribution in [0.1, 0.15) is 11.3 Å². The van der Waals surface area contributed by atoms with E-state index in [9.17, 15) is 13.2 Å². The quantitative estimate of drug-likeness (QED) is 0.901. The highest BCUT2D eigenvalue weighted by molar-refractivity contribution is 5.45. The van der Waals surface area contributed by atoms with E-state index in [0.29, 0.717) is 11.4 Å². The summed E-state index contributed by atoms with van der Waals surface area (Å²) in [5, 5.41) is 0. The van der Waals surface area contributed by atoms with Crippen molar-refractivity contribution in [1.29, 1.82) is 0 Å². The van der Waals surface area contributed by atoms with Gasteiger partial charge in [-0.1, -0.05) is 12.1 Å². The van der Waals surface area contributed by atoms with Crippen LogP contribution >= 0.6 is 0 Å². The minimum Gasteiger partial charge on any atom is -0.438 e. The van der Waals surface area contributed by atoms with Crippen molar-refractivity contribution >= 4 is 5.69 Å². The summed E-state index contributed by atoms with van der Waals surface area (Å²) in [6, 6.07) is 7.94. The van der Waals surface area contributed by atoms with Gasteiger partial charge in [0.1, 0.15) is 5.75 Å². The summed E-state index contributed by atoms with van der Waals surface area (Å²) in [5.74, 6) is -0.213. The summed E-state index contributed by atoms with van der Waals surface area (Å²) >= 11 is 0. The number of halogens is 3. The molecule has 19 heavy (non-hydrogen) atoms. The number of alkyl halides is 3. The topological polar surface area (TPSA) is 48.1 Å². The number of aryl methyl sites for hydroxylation is 1. The summed E-state index contributed by atoms with van der Waals surface area (Å²) in [5.41, 5.74) is 5.70. The van der Waals surface area contributed by atoms with Gasteiger partial charge in [0, 0.05) is 6.07 Å². The molecule has 6 heteroatoms. The zero-order valence-corrected chi connectivity index (χ0v) is 10.0. The first kappa shape index (κ1) is 13.2. The lowest BCUT2D eigenvalue weighted by molar-refractivity contribution is -0.138. The summed E-state index contributed by atoms with van der Waals surface area (Å²) in [6.07, 6.45) is -4.47. The molecule has 0 amide bonds. The number of nitrogens with two attached hydrogens (primary N) is 1. The van der Waals surface area contributed by atoms with Gasteiger partial charge in [0.25, 0.3) is 0 Å². The van der Waals surface area contributed by atoms with Crippen LogP contribution in [0.3, 0.4) is 0 Å². The third kappa shape index (κ3) is 2.96. The number of hydrogen-bond acceptors (Lipinski definition) is 3. The average molecular weight is 268 g/mol. The number of rotatable bonds is 2. The highest BCUT2D eigenvalue weighted by atomic mass is 19.4. The van der Waals surface area contributed by atoms with Crippen molar-refractivity contribution in [2.24, 2.45) is 0 Å². The number of hydrogen-bond donors (Lipinski definition) is 1. The maximum Gasteiger partial charge on any atom is 0.419 e. The molecular weight excluding hydrogens is 257 g/mol. The van der Waals surface area contributed by atoms with Gasteiger partial charge in [-0.2, -0.15) is 13.2 Å². The Bertz CT molecular complexity index is 597. The van der Waals surface area contributed by atoms with Crippen molar-refractivity contribution in [2.45, 2.75) is 13.1 Å². The van der Waals surface area contributed by atoms with Gasteiger partial charge in [0.15, 0.2) is 0 Å². The number of nitrogens with zero attached hydrogens (tertiary/aromatic N) is 1. The maximum absolute atomic E-state index is 12.8. The van der Waals surface area contributed by atoms with E-state index in [1.165, 1.54) is 30.3 Å². The second-order valence-electron chi connectivity index (χ2n) is 3.92. The van der Waals surface area contributed by atoms with E-state index in [-0.39, 0.29) is 11.6 Å². The first-order valence-corrected chi connectivity index (χ1v) is 5.45. The Morgan fingerprint density at radius 1 is 1.11 bits per heavy atom. The molecule has 0 aliphatic carbocycles. The fourth-order valence-electron chi connectivity index (χ4n) is 1.51. The summed E-state index contributed by atoms with van der Waals surface area (Å²) in [7, 11) is 0. The molecule has 0 fully saturated rings. The van der Waals surface area contributed by atoms with Crippen LogP contribution in [0.25, 0.3) is 0 Å². The Labute approximate surface area is 107 Å². The smallest absolute Gasteiger partial charge is 0.419 e. The number of benzene rings is 1. The van der Waals surface area contributed by atoms with Crippen molar-refractivity contribution < 1.29 is 17.9 Å². The molecule has 2 rings (SSSR count). The third-order valence-electron chi connectivity index (χ3n) is 2.51. The van der Waals surface area contributed by atoms with Crippen LogP contribution in [-0.2, 0) is 6.18 Å². The molecule has 0 saturated heterocycles. The lowest BCUT2D eigenvalue weighted by atomic mass is 10.2. The Morgan fingerprint density at radius 3 is 2.42 bits per heavy atom. The molecule has 0 unspecified atom stereocenters. The van der Waals surface area contributed by atoms with E-state index in [4.69, 9.17) is 10.5 Å². The van der Waals surface area contributed by atoms with Crippen molar-refractivity contribution in [3.63, 3.8) is 0 Å². The lowest BCUT2D eigenvalue weighted by Gasteiger charge is -2.13. The molecule has 0 saturated carbocycles. The van der Waals surface area contributed by atoms with Crippen LogP contribution in [0, 0.1) is 6.92 Å². The monoisotopic (exact) mass is 268 g/mol. The molecule has 0 aliphatic rings. The molecule has 0 aliphatic heterocycles. The Hall–Kier alpha value is -2.24. The van der Waals surface area contributed by atoms with Gasteiger partial charge in [0.2, 0.25) is 5.88 Å². The molecule has 100 valence electrons. The molecule has 1 aromatic carbocycles. The number of anilines is 1. The number of aromatic nitrogens is 1. The van der Waals surface area contributed by atoms with Crippen LogP contribution in [0.15, 0.2) is 36.4 Å². The fourth-order valence-corrected chi connectivity index (χ4v) is 1.51. The molecule has 2 aromatic rings. The van der Waals surface area contributed by atoms with E-state index in [0.717, 1.165) is 6.07 Å². The molecule has 0 spiro atoms. The van der Waals surface area contributed by atoms with E-state index in [2.05, 4.69) is 4.98 Å². The second-order valence-corrected chi connectivity index (χ2v) is 3.92. The largest absolute Gasteiger partial charge is 0.438 e. The third-order valence-corrected chi connectivity index (χ3v) is 2.51. The molecule has 2 N–H and O–H groups in total. The minimum atomic E-state index is -4.47. The predicted molar refractivity (Wildman–Crippen MR) is 64.9 cm³/mol. The van der Waals surface area contributed by atoms with Gasteiger partial charge < -0.3 is 10.5 Å². The Kier molecular flexibility index (Phi) is 3.33. The second kappa shape index (κ2) is 4.79. The SMILES string of the molecule is Cc1nc(Oc2ccccc2C(F)(F)F)ccc1N. The predicted octanol–water partition coefficient (Wildman–Crippen LogP) is 3.78. The molecular formula is C13H11F3N2O. The first-order valence-electron chi connectivity index (χ1n) is 5.45. The lowest BCUT2D eigenvalue weighted by Crippen LogP contribution is -2.07. The average Bonchev–Trinajstić information content (AvgIpc) is 2.33. The zero-order valence-electron chi connectivity index (χ0n) is 10.0. The number of pyridine rings is 1. The summed E-state index contributed by atoms with van der Waals surface area (Å²) < 4.78 is 43.5. The standard InChI is InChI=1S/C13H11F3N2O/c1-8-10(17)6-7-12(18-8)19-11-5-3-2-4-9(11)13(14,15)16/h2-7H,17H2,1H3. The van der Waals surface area contributed by atoms with Crippen LogP contribution in [-0.4, -0.2) is 4.98 Å². The van der Waals surface area contributed by atoms with Crippen molar-refractivity contribution in [3.05, 3.63) is 47.7 Å². The van der Waals surface area contributed by atoms with Crippen molar-refractivity contribution in [3.8, 4) is 11.6 Å².